The van der Waals surface area contributed by atoms with Gasteiger partial charge in [-0.1, -0.05) is 43.5 Å². The first-order valence-corrected chi connectivity index (χ1v) is 17.1. The molecule has 2 saturated heterocycles. The van der Waals surface area contributed by atoms with Gasteiger partial charge in [0, 0.05) is 23.6 Å². The molecular formula is C34H46F3N3O2S. The number of benzene rings is 1. The van der Waals surface area contributed by atoms with Crippen LogP contribution >= 0.6 is 11.8 Å². The topological polar surface area (TPSA) is 45.7 Å². The lowest BCUT2D eigenvalue weighted by Crippen LogP contribution is -2.48. The fourth-order valence-electron chi connectivity index (χ4n) is 7.33. The zero-order valence-electron chi connectivity index (χ0n) is 25.7. The average Bonchev–Trinajstić information content (AvgIpc) is 3.30. The molecule has 2 unspecified atom stereocenters. The molecule has 2 fully saturated rings. The SMILES string of the molecule is CC1=C(OCCC(CCCN2CCCCCC2)(c2ccnc3cc(C(F)(F)F)ccc23)N2CCCCCC2)C(C)SC1=O. The fraction of sp³-hybridized carbons (Fsp3) is 0.647. The summed E-state index contributed by atoms with van der Waals surface area (Å²) >= 11 is 1.30. The minimum atomic E-state index is -4.42. The number of likely N-dealkylation sites (tertiary alicyclic amines) is 2. The molecule has 4 heterocycles. The van der Waals surface area contributed by atoms with E-state index in [4.69, 9.17) is 4.74 Å². The molecular weight excluding hydrogens is 571 g/mol. The van der Waals surface area contributed by atoms with Crippen molar-refractivity contribution in [2.75, 3.05) is 39.3 Å². The summed E-state index contributed by atoms with van der Waals surface area (Å²) in [6.07, 6.45) is 9.47. The molecule has 0 bridgehead atoms. The van der Waals surface area contributed by atoms with Gasteiger partial charge in [-0.2, -0.15) is 13.2 Å². The maximum Gasteiger partial charge on any atom is 0.416 e. The molecule has 5 rings (SSSR count). The third-order valence-electron chi connectivity index (χ3n) is 9.65. The number of nitrogens with zero attached hydrogens (tertiary/aromatic N) is 3. The Bertz CT molecular complexity index is 1280. The van der Waals surface area contributed by atoms with Crippen molar-refractivity contribution in [3.63, 3.8) is 0 Å². The van der Waals surface area contributed by atoms with Gasteiger partial charge in [-0.25, -0.2) is 0 Å². The lowest BCUT2D eigenvalue weighted by Gasteiger charge is -2.45. The highest BCUT2D eigenvalue weighted by atomic mass is 32.2. The van der Waals surface area contributed by atoms with Crippen molar-refractivity contribution in [1.29, 1.82) is 0 Å². The van der Waals surface area contributed by atoms with Crippen molar-refractivity contribution in [2.24, 2.45) is 0 Å². The summed E-state index contributed by atoms with van der Waals surface area (Å²) in [5.74, 6) is 0.763. The second-order valence-corrected chi connectivity index (χ2v) is 13.8. The highest BCUT2D eigenvalue weighted by Crippen LogP contribution is 2.43. The minimum Gasteiger partial charge on any atom is -0.496 e. The lowest BCUT2D eigenvalue weighted by molar-refractivity contribution is -0.137. The molecule has 0 aliphatic carbocycles. The normalized spacial score (nSPS) is 22.9. The van der Waals surface area contributed by atoms with E-state index in [1.165, 1.54) is 62.4 Å². The van der Waals surface area contributed by atoms with Crippen LogP contribution in [0, 0.1) is 0 Å². The van der Waals surface area contributed by atoms with Crippen LogP contribution in [0.4, 0.5) is 13.2 Å². The van der Waals surface area contributed by atoms with E-state index in [1.807, 2.05) is 19.9 Å². The molecule has 5 nitrogen and oxygen atoms in total. The number of rotatable bonds is 10. The zero-order chi connectivity index (χ0) is 30.5. The van der Waals surface area contributed by atoms with E-state index in [1.54, 1.807) is 12.3 Å². The number of carbonyl (C=O) groups is 1. The Balaban J connectivity index is 1.53. The van der Waals surface area contributed by atoms with Crippen LogP contribution in [0.1, 0.15) is 95.6 Å². The van der Waals surface area contributed by atoms with Crippen LogP contribution in [0.2, 0.25) is 0 Å². The molecule has 236 valence electrons. The van der Waals surface area contributed by atoms with Crippen LogP contribution in [0.15, 0.2) is 41.8 Å². The number of halogens is 3. The Hall–Kier alpha value is -2.10. The first-order valence-electron chi connectivity index (χ1n) is 16.2. The average molecular weight is 618 g/mol. The summed E-state index contributed by atoms with van der Waals surface area (Å²) in [4.78, 5) is 22.0. The maximum atomic E-state index is 13.7. The molecule has 0 amide bonds. The Kier molecular flexibility index (Phi) is 10.8. The van der Waals surface area contributed by atoms with E-state index in [0.29, 0.717) is 24.1 Å². The number of aromatic nitrogens is 1. The summed E-state index contributed by atoms with van der Waals surface area (Å²) in [5.41, 5.74) is 1.01. The highest BCUT2D eigenvalue weighted by Gasteiger charge is 2.41. The molecule has 3 aliphatic heterocycles. The summed E-state index contributed by atoms with van der Waals surface area (Å²) < 4.78 is 47.5. The van der Waals surface area contributed by atoms with E-state index < -0.39 is 17.3 Å². The molecule has 43 heavy (non-hydrogen) atoms. The molecule has 0 spiro atoms. The number of pyridine rings is 1. The van der Waals surface area contributed by atoms with Crippen LogP contribution in [0.3, 0.4) is 0 Å². The van der Waals surface area contributed by atoms with Crippen molar-refractivity contribution in [3.05, 3.63) is 52.9 Å². The van der Waals surface area contributed by atoms with Crippen LogP contribution in [-0.2, 0) is 21.2 Å². The second-order valence-electron chi connectivity index (χ2n) is 12.5. The fourth-order valence-corrected chi connectivity index (χ4v) is 8.28. The number of ether oxygens (including phenoxy) is 1. The molecule has 2 atom stereocenters. The third kappa shape index (κ3) is 7.59. The first-order chi connectivity index (χ1) is 20.7. The minimum absolute atomic E-state index is 0.00864. The van der Waals surface area contributed by atoms with Crippen LogP contribution < -0.4 is 0 Å². The van der Waals surface area contributed by atoms with Crippen molar-refractivity contribution >= 4 is 27.8 Å². The van der Waals surface area contributed by atoms with Crippen LogP contribution in [0.25, 0.3) is 10.9 Å². The maximum absolute atomic E-state index is 13.7. The summed E-state index contributed by atoms with van der Waals surface area (Å²) in [5, 5.41) is 0.842. The van der Waals surface area contributed by atoms with E-state index in [0.717, 1.165) is 75.1 Å². The lowest BCUT2D eigenvalue weighted by atomic mass is 9.78. The number of carbonyl (C=O) groups excluding carboxylic acids is 1. The van der Waals surface area contributed by atoms with Crippen LogP contribution in [-0.4, -0.2) is 64.5 Å². The third-order valence-corrected chi connectivity index (χ3v) is 10.7. The van der Waals surface area contributed by atoms with E-state index in [2.05, 4.69) is 14.8 Å². The number of fused-ring (bicyclic) bond motifs is 1. The summed E-state index contributed by atoms with van der Waals surface area (Å²) in [6.45, 7) is 9.46. The number of hydrogen-bond donors (Lipinski definition) is 0. The van der Waals surface area contributed by atoms with E-state index in [-0.39, 0.29) is 10.4 Å². The molecule has 0 N–H and O–H groups in total. The Labute approximate surface area is 258 Å². The van der Waals surface area contributed by atoms with Gasteiger partial charge in [0.15, 0.2) is 0 Å². The first kappa shape index (κ1) is 32.3. The molecule has 1 aromatic carbocycles. The molecule has 1 aromatic heterocycles. The van der Waals surface area contributed by atoms with Crippen molar-refractivity contribution in [3.8, 4) is 0 Å². The van der Waals surface area contributed by atoms with Gasteiger partial charge in [0.25, 0.3) is 0 Å². The van der Waals surface area contributed by atoms with Crippen LogP contribution in [0.5, 0.6) is 0 Å². The highest BCUT2D eigenvalue weighted by molar-refractivity contribution is 8.15. The van der Waals surface area contributed by atoms with Crippen molar-refractivity contribution in [2.45, 2.75) is 101 Å². The zero-order valence-corrected chi connectivity index (χ0v) is 26.5. The monoisotopic (exact) mass is 617 g/mol. The molecule has 9 heteroatoms. The predicted octanol–water partition coefficient (Wildman–Crippen LogP) is 8.32. The van der Waals surface area contributed by atoms with Gasteiger partial charge in [0.05, 0.1) is 28.5 Å². The number of hydrogen-bond acceptors (Lipinski definition) is 6. The number of alkyl halides is 3. The Morgan fingerprint density at radius 3 is 2.26 bits per heavy atom. The summed E-state index contributed by atoms with van der Waals surface area (Å²) in [6, 6.07) is 6.06. The van der Waals surface area contributed by atoms with Gasteiger partial charge in [-0.3, -0.25) is 14.7 Å². The van der Waals surface area contributed by atoms with Gasteiger partial charge < -0.3 is 9.64 Å². The van der Waals surface area contributed by atoms with Gasteiger partial charge in [0.1, 0.15) is 5.76 Å². The standard InChI is InChI=1S/C34H46F3N3O2S/c1-25-31(26(2)43-32(25)41)42-23-16-33(40-21-9-5-6-10-22-40,15-11-20-39-18-7-3-4-8-19-39)29-14-17-38-30-24-27(34(35,36)37)12-13-28(29)30/h12-14,17,24,26H,3-11,15-16,18-23H2,1-2H3. The Morgan fingerprint density at radius 1 is 0.953 bits per heavy atom. The van der Waals surface area contributed by atoms with Gasteiger partial charge >= 0.3 is 6.18 Å². The largest absolute Gasteiger partial charge is 0.496 e. The molecule has 0 saturated carbocycles. The molecule has 0 radical (unpaired) electrons. The molecule has 3 aliphatic rings. The quantitative estimate of drug-likeness (QED) is 0.267. The van der Waals surface area contributed by atoms with Gasteiger partial charge in [0.2, 0.25) is 5.12 Å². The van der Waals surface area contributed by atoms with E-state index >= 15 is 0 Å². The van der Waals surface area contributed by atoms with Crippen molar-refractivity contribution < 1.29 is 22.7 Å². The summed E-state index contributed by atoms with van der Waals surface area (Å²) in [7, 11) is 0. The van der Waals surface area contributed by atoms with Gasteiger partial charge in [-0.15, -0.1) is 0 Å². The smallest absolute Gasteiger partial charge is 0.416 e. The van der Waals surface area contributed by atoms with Gasteiger partial charge in [-0.05, 0) is 109 Å². The predicted molar refractivity (Wildman–Crippen MR) is 168 cm³/mol. The Morgan fingerprint density at radius 2 is 1.63 bits per heavy atom. The number of thioether (sulfide) groups is 1. The van der Waals surface area contributed by atoms with E-state index in [9.17, 15) is 18.0 Å². The molecule has 2 aromatic rings. The second kappa shape index (κ2) is 14.3. The van der Waals surface area contributed by atoms with Crippen molar-refractivity contribution in [1.82, 2.24) is 14.8 Å².